The second-order valence-electron chi connectivity index (χ2n) is 6.87. The summed E-state index contributed by atoms with van der Waals surface area (Å²) in [5.41, 5.74) is 4.06. The normalized spacial score (nSPS) is 18.4. The molecule has 0 saturated carbocycles. The number of nitrogens with one attached hydrogen (secondary N) is 2. The van der Waals surface area contributed by atoms with Gasteiger partial charge in [0.2, 0.25) is 0 Å². The number of rotatable bonds is 1. The number of nitriles is 1. The molecule has 0 radical (unpaired) electrons. The predicted octanol–water partition coefficient (Wildman–Crippen LogP) is 2.60. The second kappa shape index (κ2) is 5.30. The Balaban J connectivity index is 1.72. The van der Waals surface area contributed by atoms with E-state index in [1.165, 1.54) is 11.3 Å². The van der Waals surface area contributed by atoms with Gasteiger partial charge in [-0.25, -0.2) is 9.97 Å². The van der Waals surface area contributed by atoms with Crippen LogP contribution in [-0.4, -0.2) is 34.6 Å². The molecule has 2 aliphatic rings. The van der Waals surface area contributed by atoms with Crippen LogP contribution in [0.5, 0.6) is 0 Å². The summed E-state index contributed by atoms with van der Waals surface area (Å²) in [6, 6.07) is 10.9. The van der Waals surface area contributed by atoms with Gasteiger partial charge in [-0.1, -0.05) is 18.2 Å². The van der Waals surface area contributed by atoms with E-state index in [0.29, 0.717) is 11.2 Å². The summed E-state index contributed by atoms with van der Waals surface area (Å²) < 4.78 is 0. The molecular formula is C19H18N6. The van der Waals surface area contributed by atoms with Crippen LogP contribution in [0.4, 0.5) is 11.5 Å². The van der Waals surface area contributed by atoms with Gasteiger partial charge in [0.15, 0.2) is 0 Å². The molecule has 1 aromatic carbocycles. The highest BCUT2D eigenvalue weighted by Gasteiger charge is 2.44. The quantitative estimate of drug-likeness (QED) is 0.717. The van der Waals surface area contributed by atoms with Crippen LogP contribution in [0, 0.1) is 11.3 Å². The fourth-order valence-corrected chi connectivity index (χ4v) is 4.39. The minimum Gasteiger partial charge on any atom is -0.345 e. The van der Waals surface area contributed by atoms with Crippen molar-refractivity contribution in [2.75, 3.05) is 24.5 Å². The van der Waals surface area contributed by atoms with E-state index in [4.69, 9.17) is 0 Å². The Morgan fingerprint density at radius 1 is 1.16 bits per heavy atom. The van der Waals surface area contributed by atoms with Crippen LogP contribution in [-0.2, 0) is 5.41 Å². The number of benzene rings is 1. The van der Waals surface area contributed by atoms with Gasteiger partial charge in [0.25, 0.3) is 0 Å². The largest absolute Gasteiger partial charge is 0.345 e. The lowest BCUT2D eigenvalue weighted by Gasteiger charge is -2.34. The molecule has 2 aromatic heterocycles. The Kier molecular flexibility index (Phi) is 3.06. The highest BCUT2D eigenvalue weighted by atomic mass is 15.2. The van der Waals surface area contributed by atoms with Gasteiger partial charge in [-0.2, -0.15) is 5.26 Å². The maximum absolute atomic E-state index is 9.48. The molecule has 4 heterocycles. The maximum atomic E-state index is 9.48. The smallest absolute Gasteiger partial charge is 0.147 e. The molecule has 2 aliphatic heterocycles. The average molecular weight is 330 g/mol. The molecule has 0 aliphatic carbocycles. The zero-order valence-electron chi connectivity index (χ0n) is 13.8. The summed E-state index contributed by atoms with van der Waals surface area (Å²) in [5, 5.41) is 13.8. The number of H-pyrrole nitrogens is 1. The topological polar surface area (TPSA) is 80.6 Å². The van der Waals surface area contributed by atoms with Crippen molar-refractivity contribution in [2.45, 2.75) is 18.3 Å². The first-order chi connectivity index (χ1) is 12.3. The van der Waals surface area contributed by atoms with E-state index < -0.39 is 0 Å². The minimum atomic E-state index is 0.155. The van der Waals surface area contributed by atoms with Gasteiger partial charge >= 0.3 is 0 Å². The Morgan fingerprint density at radius 3 is 2.84 bits per heavy atom. The second-order valence-corrected chi connectivity index (χ2v) is 6.87. The number of aromatic nitrogens is 3. The standard InChI is InChI=1S/C19H18N6/c20-9-13-10-22-17-16(13)18(24-12-23-17)25-11-19(5-7-21-8-6-19)14-3-1-2-4-15(14)25/h1-4,10,12,21H,5-8,11H2,(H,22,23,24). The van der Waals surface area contributed by atoms with Crippen molar-refractivity contribution in [3.05, 3.63) is 47.9 Å². The molecule has 1 spiro atoms. The first kappa shape index (κ1) is 14.4. The van der Waals surface area contributed by atoms with Crippen LogP contribution in [0.15, 0.2) is 36.8 Å². The third-order valence-electron chi connectivity index (χ3n) is 5.61. The Bertz CT molecular complexity index is 993. The lowest BCUT2D eigenvalue weighted by atomic mass is 9.75. The van der Waals surface area contributed by atoms with Crippen molar-refractivity contribution in [3.63, 3.8) is 0 Å². The lowest BCUT2D eigenvalue weighted by molar-refractivity contribution is 0.329. The zero-order valence-corrected chi connectivity index (χ0v) is 13.8. The van der Waals surface area contributed by atoms with Crippen molar-refractivity contribution < 1.29 is 0 Å². The monoisotopic (exact) mass is 330 g/mol. The highest BCUT2D eigenvalue weighted by Crippen LogP contribution is 2.49. The summed E-state index contributed by atoms with van der Waals surface area (Å²) in [7, 11) is 0. The van der Waals surface area contributed by atoms with Crippen LogP contribution in [0.1, 0.15) is 24.0 Å². The number of hydrogen-bond donors (Lipinski definition) is 2. The summed E-state index contributed by atoms with van der Waals surface area (Å²) in [6.07, 6.45) is 5.52. The molecule has 0 atom stereocenters. The van der Waals surface area contributed by atoms with E-state index in [-0.39, 0.29) is 5.41 Å². The highest BCUT2D eigenvalue weighted by molar-refractivity contribution is 5.95. The van der Waals surface area contributed by atoms with Crippen molar-refractivity contribution in [3.8, 4) is 6.07 Å². The number of anilines is 2. The van der Waals surface area contributed by atoms with Crippen molar-refractivity contribution in [2.24, 2.45) is 0 Å². The van der Waals surface area contributed by atoms with E-state index in [0.717, 1.165) is 43.7 Å². The van der Waals surface area contributed by atoms with Crippen molar-refractivity contribution >= 4 is 22.5 Å². The first-order valence-corrected chi connectivity index (χ1v) is 8.62. The number of nitrogens with zero attached hydrogens (tertiary/aromatic N) is 4. The summed E-state index contributed by atoms with van der Waals surface area (Å²) in [5.74, 6) is 0.825. The van der Waals surface area contributed by atoms with Gasteiger partial charge in [-0.15, -0.1) is 0 Å². The molecule has 124 valence electrons. The van der Waals surface area contributed by atoms with E-state index in [1.54, 1.807) is 12.5 Å². The summed E-state index contributed by atoms with van der Waals surface area (Å²) >= 11 is 0. The van der Waals surface area contributed by atoms with E-state index in [1.807, 2.05) is 0 Å². The number of hydrogen-bond acceptors (Lipinski definition) is 5. The SMILES string of the molecule is N#Cc1c[nH]c2ncnc(N3CC4(CCNCC4)c4ccccc43)c12. The molecule has 0 amide bonds. The van der Waals surface area contributed by atoms with Crippen LogP contribution < -0.4 is 10.2 Å². The molecular weight excluding hydrogens is 312 g/mol. The minimum absolute atomic E-state index is 0.155. The fourth-order valence-electron chi connectivity index (χ4n) is 4.39. The molecule has 5 rings (SSSR count). The van der Waals surface area contributed by atoms with Gasteiger partial charge in [0.1, 0.15) is 23.9 Å². The summed E-state index contributed by atoms with van der Waals surface area (Å²) in [6.45, 7) is 2.97. The average Bonchev–Trinajstić information content (AvgIpc) is 3.23. The van der Waals surface area contributed by atoms with Gasteiger partial charge in [-0.05, 0) is 37.6 Å². The maximum Gasteiger partial charge on any atom is 0.147 e. The predicted molar refractivity (Wildman–Crippen MR) is 95.8 cm³/mol. The van der Waals surface area contributed by atoms with Crippen LogP contribution in [0.25, 0.3) is 11.0 Å². The number of aromatic amines is 1. The van der Waals surface area contributed by atoms with E-state index in [9.17, 15) is 5.26 Å². The number of piperidine rings is 1. The van der Waals surface area contributed by atoms with E-state index >= 15 is 0 Å². The molecule has 1 fully saturated rings. The lowest BCUT2D eigenvalue weighted by Crippen LogP contribution is -2.42. The molecule has 6 nitrogen and oxygen atoms in total. The van der Waals surface area contributed by atoms with E-state index in [2.05, 4.69) is 55.5 Å². The van der Waals surface area contributed by atoms with Crippen molar-refractivity contribution in [1.29, 1.82) is 5.26 Å². The van der Waals surface area contributed by atoms with Crippen molar-refractivity contribution in [1.82, 2.24) is 20.3 Å². The molecule has 1 saturated heterocycles. The number of fused-ring (bicyclic) bond motifs is 3. The molecule has 0 bridgehead atoms. The third-order valence-corrected chi connectivity index (χ3v) is 5.61. The molecule has 25 heavy (non-hydrogen) atoms. The molecule has 3 aromatic rings. The van der Waals surface area contributed by atoms with Gasteiger partial charge in [0, 0.05) is 23.8 Å². The zero-order chi connectivity index (χ0) is 16.9. The Morgan fingerprint density at radius 2 is 2.00 bits per heavy atom. The van der Waals surface area contributed by atoms with Crippen LogP contribution >= 0.6 is 0 Å². The summed E-state index contributed by atoms with van der Waals surface area (Å²) in [4.78, 5) is 14.2. The Hall–Kier alpha value is -2.91. The van der Waals surface area contributed by atoms with Gasteiger partial charge < -0.3 is 15.2 Å². The molecule has 2 N–H and O–H groups in total. The fraction of sp³-hybridized carbons (Fsp3) is 0.316. The van der Waals surface area contributed by atoms with Gasteiger partial charge in [-0.3, -0.25) is 0 Å². The first-order valence-electron chi connectivity index (χ1n) is 8.62. The van der Waals surface area contributed by atoms with Crippen LogP contribution in [0.2, 0.25) is 0 Å². The number of para-hydroxylation sites is 1. The third kappa shape index (κ3) is 1.99. The van der Waals surface area contributed by atoms with Gasteiger partial charge in [0.05, 0.1) is 10.9 Å². The Labute approximate surface area is 145 Å². The molecule has 0 unspecified atom stereocenters. The molecule has 6 heteroatoms. The van der Waals surface area contributed by atoms with Crippen LogP contribution in [0.3, 0.4) is 0 Å².